The van der Waals surface area contributed by atoms with Crippen molar-refractivity contribution in [2.45, 2.75) is 18.8 Å². The van der Waals surface area contributed by atoms with Gasteiger partial charge in [-0.25, -0.2) is 0 Å². The van der Waals surface area contributed by atoms with Crippen molar-refractivity contribution < 1.29 is 101 Å². The van der Waals surface area contributed by atoms with Crippen LogP contribution in [0.15, 0.2) is 30.3 Å². The van der Waals surface area contributed by atoms with E-state index in [2.05, 4.69) is 0 Å². The Bertz CT molecular complexity index is 366. The minimum absolute atomic E-state index is 0. The number of aliphatic carboxylic acids is 2. The van der Waals surface area contributed by atoms with Gasteiger partial charge in [-0.05, 0) is 12.0 Å². The first-order valence-electron chi connectivity index (χ1n) is 4.54. The van der Waals surface area contributed by atoms with Crippen LogP contribution in [0.25, 0.3) is 0 Å². The van der Waals surface area contributed by atoms with Gasteiger partial charge in [-0.15, -0.1) is 0 Å². The van der Waals surface area contributed by atoms with Crippen molar-refractivity contribution in [1.82, 2.24) is 0 Å². The molecule has 0 amide bonds. The van der Waals surface area contributed by atoms with Crippen molar-refractivity contribution in [2.75, 3.05) is 0 Å². The van der Waals surface area contributed by atoms with Crippen LogP contribution in [0.2, 0.25) is 0 Å². The first kappa shape index (κ1) is 20.1. The molecular weight excluding hydrogens is 258 g/mol. The molecule has 80 valence electrons. The normalized spacial score (nSPS) is 9.71. The van der Waals surface area contributed by atoms with E-state index in [1.54, 1.807) is 18.2 Å². The molecule has 0 bridgehead atoms. The van der Waals surface area contributed by atoms with E-state index in [0.29, 0.717) is 0 Å². The van der Waals surface area contributed by atoms with Gasteiger partial charge < -0.3 is 19.8 Å². The topological polar surface area (TPSA) is 80.3 Å². The number of rotatable bonds is 4. The quantitative estimate of drug-likeness (QED) is 0.401. The van der Waals surface area contributed by atoms with Crippen LogP contribution < -0.4 is 91.2 Å². The Morgan fingerprint density at radius 3 is 1.82 bits per heavy atom. The molecule has 0 aliphatic carbocycles. The minimum Gasteiger partial charge on any atom is -0.549 e. The predicted octanol–water partition coefficient (Wildman–Crippen LogP) is -7.16. The second kappa shape index (κ2) is 8.82. The van der Waals surface area contributed by atoms with E-state index < -0.39 is 17.4 Å². The van der Waals surface area contributed by atoms with Crippen LogP contribution in [0.1, 0.15) is 18.9 Å². The third kappa shape index (κ3) is 4.14. The van der Waals surface area contributed by atoms with Crippen molar-refractivity contribution in [3.63, 3.8) is 0 Å². The van der Waals surface area contributed by atoms with E-state index in [9.17, 15) is 19.8 Å². The van der Waals surface area contributed by atoms with E-state index in [1.165, 1.54) is 19.1 Å². The van der Waals surface area contributed by atoms with Crippen LogP contribution in [0.4, 0.5) is 0 Å². The maximum atomic E-state index is 11.0. The second-order valence-corrected chi connectivity index (χ2v) is 3.20. The molecule has 1 aromatic carbocycles. The number of carbonyl (C=O) groups is 2. The fourth-order valence-electron chi connectivity index (χ4n) is 1.53. The van der Waals surface area contributed by atoms with Gasteiger partial charge in [0.1, 0.15) is 0 Å². The van der Waals surface area contributed by atoms with Crippen LogP contribution in [0.3, 0.4) is 0 Å². The SMILES string of the molecule is CCC(C(=O)[O-])(C(=O)[O-])c1ccccc1.[K+].[Na+]. The summed E-state index contributed by atoms with van der Waals surface area (Å²) < 4.78 is 0. The maximum Gasteiger partial charge on any atom is 1.00 e. The molecule has 0 saturated carbocycles. The number of hydrogen-bond acceptors (Lipinski definition) is 4. The van der Waals surface area contributed by atoms with Crippen LogP contribution in [0, 0.1) is 0 Å². The number of benzene rings is 1. The smallest absolute Gasteiger partial charge is 0.549 e. The van der Waals surface area contributed by atoms with Crippen molar-refractivity contribution in [3.05, 3.63) is 35.9 Å². The number of carbonyl (C=O) groups excluding carboxylic acids is 2. The maximum absolute atomic E-state index is 11.0. The van der Waals surface area contributed by atoms with Crippen molar-refractivity contribution >= 4 is 11.9 Å². The molecule has 0 unspecified atom stereocenters. The Labute approximate surface area is 165 Å². The Morgan fingerprint density at radius 1 is 1.12 bits per heavy atom. The number of carboxylic acid groups (broad SMARTS) is 2. The summed E-state index contributed by atoms with van der Waals surface area (Å²) in [6.45, 7) is 1.47. The Balaban J connectivity index is 0. The average Bonchev–Trinajstić information content (AvgIpc) is 2.20. The zero-order valence-corrected chi connectivity index (χ0v) is 15.3. The zero-order chi connectivity index (χ0) is 11.5. The molecule has 0 aliphatic rings. The molecule has 0 aliphatic heterocycles. The summed E-state index contributed by atoms with van der Waals surface area (Å²) in [5.74, 6) is -3.28. The van der Waals surface area contributed by atoms with Crippen molar-refractivity contribution in [3.8, 4) is 0 Å². The molecule has 0 saturated heterocycles. The zero-order valence-electron chi connectivity index (χ0n) is 10.2. The van der Waals surface area contributed by atoms with E-state index in [1.807, 2.05) is 0 Å². The first-order valence-corrected chi connectivity index (χ1v) is 4.54. The van der Waals surface area contributed by atoms with Crippen molar-refractivity contribution in [1.29, 1.82) is 0 Å². The summed E-state index contributed by atoms with van der Waals surface area (Å²) in [5, 5.41) is 21.9. The largest absolute Gasteiger partial charge is 1.00 e. The Kier molecular flexibility index (Phi) is 10.4. The fourth-order valence-corrected chi connectivity index (χ4v) is 1.53. The fraction of sp³-hybridized carbons (Fsp3) is 0.273. The summed E-state index contributed by atoms with van der Waals surface area (Å²) >= 11 is 0. The predicted molar refractivity (Wildman–Crippen MR) is 48.4 cm³/mol. The standard InChI is InChI=1S/C11H12O4.K.Na/c1-2-11(9(12)13,10(14)15)8-6-4-3-5-7-8;;/h3-7H,2H2,1H3,(H,12,13)(H,14,15);;/q;2*+1/p-2. The molecule has 0 N–H and O–H groups in total. The second-order valence-electron chi connectivity index (χ2n) is 3.20. The summed E-state index contributed by atoms with van der Waals surface area (Å²) in [5.41, 5.74) is -1.88. The number of carboxylic acids is 2. The van der Waals surface area contributed by atoms with Gasteiger partial charge in [-0.3, -0.25) is 0 Å². The Hall–Kier alpha value is 0.796. The van der Waals surface area contributed by atoms with E-state index in [4.69, 9.17) is 0 Å². The van der Waals surface area contributed by atoms with Gasteiger partial charge in [-0.1, -0.05) is 37.3 Å². The third-order valence-electron chi connectivity index (χ3n) is 2.49. The van der Waals surface area contributed by atoms with Gasteiger partial charge >= 0.3 is 80.9 Å². The monoisotopic (exact) mass is 268 g/mol. The van der Waals surface area contributed by atoms with Crippen LogP contribution in [-0.2, 0) is 15.0 Å². The molecule has 0 aromatic heterocycles. The van der Waals surface area contributed by atoms with E-state index in [-0.39, 0.29) is 92.9 Å². The van der Waals surface area contributed by atoms with Crippen molar-refractivity contribution in [2.24, 2.45) is 0 Å². The van der Waals surface area contributed by atoms with Crippen LogP contribution >= 0.6 is 0 Å². The van der Waals surface area contributed by atoms with Gasteiger partial charge in [0.15, 0.2) is 0 Å². The minimum atomic E-state index is -2.05. The summed E-state index contributed by atoms with van der Waals surface area (Å²) in [6, 6.07) is 7.70. The molecule has 0 radical (unpaired) electrons. The molecule has 17 heavy (non-hydrogen) atoms. The molecular formula is C11H10KNaO4. The molecule has 4 nitrogen and oxygen atoms in total. The number of hydrogen-bond donors (Lipinski definition) is 0. The summed E-state index contributed by atoms with van der Waals surface area (Å²) in [6.07, 6.45) is -0.109. The van der Waals surface area contributed by atoms with Crippen LogP contribution in [-0.4, -0.2) is 11.9 Å². The first-order chi connectivity index (χ1) is 7.05. The summed E-state index contributed by atoms with van der Waals surface area (Å²) in [7, 11) is 0. The third-order valence-corrected chi connectivity index (χ3v) is 2.49. The van der Waals surface area contributed by atoms with E-state index >= 15 is 0 Å². The molecule has 0 spiro atoms. The molecule has 1 rings (SSSR count). The van der Waals surface area contributed by atoms with E-state index in [0.717, 1.165) is 0 Å². The molecule has 0 heterocycles. The Morgan fingerprint density at radius 2 is 1.53 bits per heavy atom. The van der Waals surface area contributed by atoms with Gasteiger partial charge in [0.05, 0.1) is 17.4 Å². The molecule has 1 aromatic rings. The van der Waals surface area contributed by atoms with Gasteiger partial charge in [-0.2, -0.15) is 0 Å². The summed E-state index contributed by atoms with van der Waals surface area (Å²) in [4.78, 5) is 21.9. The van der Waals surface area contributed by atoms with Crippen LogP contribution in [0.5, 0.6) is 0 Å². The molecule has 6 heteroatoms. The molecule has 0 fully saturated rings. The average molecular weight is 268 g/mol. The molecule has 0 atom stereocenters. The van der Waals surface area contributed by atoms with Gasteiger partial charge in [0.2, 0.25) is 0 Å². The van der Waals surface area contributed by atoms with Gasteiger partial charge in [0, 0.05) is 0 Å². The van der Waals surface area contributed by atoms with Gasteiger partial charge in [0.25, 0.3) is 0 Å².